The molecule has 0 aliphatic heterocycles. The monoisotopic (exact) mass is 381 g/mol. The van der Waals surface area contributed by atoms with E-state index in [1.807, 2.05) is 12.1 Å². The molecule has 5 nitrogen and oxygen atoms in total. The Hall–Kier alpha value is -2.79. The molecule has 0 saturated heterocycles. The third-order valence-electron chi connectivity index (χ3n) is 5.07. The quantitative estimate of drug-likeness (QED) is 0.584. The fourth-order valence-electron chi connectivity index (χ4n) is 3.23. The molecule has 0 unspecified atom stereocenters. The summed E-state index contributed by atoms with van der Waals surface area (Å²) in [7, 11) is 3.58. The summed E-state index contributed by atoms with van der Waals surface area (Å²) in [5.74, 6) is 0.571. The van der Waals surface area contributed by atoms with Crippen molar-refractivity contribution in [1.82, 2.24) is 4.90 Å². The Kier molecular flexibility index (Phi) is 6.37. The highest BCUT2D eigenvalue weighted by Crippen LogP contribution is 2.35. The van der Waals surface area contributed by atoms with Crippen LogP contribution in [0.3, 0.4) is 0 Å². The van der Waals surface area contributed by atoms with E-state index in [0.717, 1.165) is 31.5 Å². The van der Waals surface area contributed by atoms with Crippen LogP contribution in [0.4, 0.5) is 0 Å². The Morgan fingerprint density at radius 3 is 2.54 bits per heavy atom. The van der Waals surface area contributed by atoms with E-state index in [2.05, 4.69) is 31.0 Å². The molecule has 5 heteroatoms. The van der Waals surface area contributed by atoms with Gasteiger partial charge in [0.25, 0.3) is 0 Å². The molecule has 0 fully saturated rings. The van der Waals surface area contributed by atoms with Gasteiger partial charge in [-0.25, -0.2) is 0 Å². The van der Waals surface area contributed by atoms with E-state index in [4.69, 9.17) is 9.15 Å². The third kappa shape index (κ3) is 4.37. The molecule has 0 saturated carbocycles. The maximum absolute atomic E-state index is 12.5. The second-order valence-corrected chi connectivity index (χ2v) is 7.02. The number of hydrogen-bond donors (Lipinski definition) is 1. The molecule has 0 bridgehead atoms. The van der Waals surface area contributed by atoms with Gasteiger partial charge in [-0.2, -0.15) is 0 Å². The summed E-state index contributed by atoms with van der Waals surface area (Å²) in [6.07, 6.45) is 3.35. The van der Waals surface area contributed by atoms with Gasteiger partial charge in [0, 0.05) is 11.6 Å². The highest BCUT2D eigenvalue weighted by Gasteiger charge is 2.14. The second kappa shape index (κ2) is 8.93. The highest BCUT2D eigenvalue weighted by atomic mass is 16.5. The third-order valence-corrected chi connectivity index (χ3v) is 5.07. The van der Waals surface area contributed by atoms with Crippen molar-refractivity contribution in [3.8, 4) is 22.8 Å². The zero-order valence-electron chi connectivity index (χ0n) is 16.7. The Balaban J connectivity index is 1.80. The molecule has 3 rings (SSSR count). The minimum absolute atomic E-state index is 0.0561. The first-order valence-corrected chi connectivity index (χ1v) is 9.65. The van der Waals surface area contributed by atoms with Gasteiger partial charge in [-0.1, -0.05) is 31.2 Å². The predicted molar refractivity (Wildman–Crippen MR) is 112 cm³/mol. The largest absolute Gasteiger partial charge is 0.504 e. The van der Waals surface area contributed by atoms with Gasteiger partial charge in [0.15, 0.2) is 16.8 Å². The van der Waals surface area contributed by atoms with Gasteiger partial charge in [-0.3, -0.25) is 4.79 Å². The molecule has 0 aliphatic rings. The van der Waals surface area contributed by atoms with E-state index in [1.54, 1.807) is 6.07 Å². The summed E-state index contributed by atoms with van der Waals surface area (Å²) >= 11 is 0. The van der Waals surface area contributed by atoms with Gasteiger partial charge in [0.1, 0.15) is 5.76 Å². The summed E-state index contributed by atoms with van der Waals surface area (Å²) in [5.41, 5.74) is 2.17. The lowest BCUT2D eigenvalue weighted by atomic mass is 10.0. The molecule has 28 heavy (non-hydrogen) atoms. The number of phenolic OH excluding ortho intramolecular Hbond substituents is 1. The van der Waals surface area contributed by atoms with Crippen molar-refractivity contribution in [2.45, 2.75) is 26.2 Å². The molecule has 1 heterocycles. The first kappa shape index (κ1) is 20.0. The number of hydrogen-bond acceptors (Lipinski definition) is 5. The van der Waals surface area contributed by atoms with Crippen LogP contribution in [-0.2, 0) is 6.42 Å². The fraction of sp³-hybridized carbons (Fsp3) is 0.348. The Morgan fingerprint density at radius 1 is 1.11 bits per heavy atom. The Morgan fingerprint density at radius 2 is 1.86 bits per heavy atom. The fourth-order valence-corrected chi connectivity index (χ4v) is 3.23. The van der Waals surface area contributed by atoms with Crippen LogP contribution in [0, 0.1) is 0 Å². The van der Waals surface area contributed by atoms with Gasteiger partial charge in [0.05, 0.1) is 12.5 Å². The van der Waals surface area contributed by atoms with Gasteiger partial charge in [-0.05, 0) is 57.1 Å². The van der Waals surface area contributed by atoms with Gasteiger partial charge < -0.3 is 19.2 Å². The minimum Gasteiger partial charge on any atom is -0.504 e. The zero-order valence-corrected chi connectivity index (χ0v) is 16.7. The Bertz CT molecular complexity index is 992. The van der Waals surface area contributed by atoms with Crippen molar-refractivity contribution in [1.29, 1.82) is 0 Å². The van der Waals surface area contributed by atoms with Crippen LogP contribution in [0.1, 0.15) is 25.3 Å². The molecule has 0 radical (unpaired) electrons. The lowest BCUT2D eigenvalue weighted by molar-refractivity contribution is 0.343. The molecule has 1 aromatic heterocycles. The van der Waals surface area contributed by atoms with E-state index in [9.17, 15) is 9.90 Å². The maximum Gasteiger partial charge on any atom is 0.204 e. The number of phenols is 1. The second-order valence-electron chi connectivity index (χ2n) is 7.02. The minimum atomic E-state index is -0.168. The number of methoxy groups -OCH3 is 1. The van der Waals surface area contributed by atoms with E-state index < -0.39 is 0 Å². The van der Waals surface area contributed by atoms with Crippen LogP contribution in [0.15, 0.2) is 51.7 Å². The summed E-state index contributed by atoms with van der Waals surface area (Å²) in [6.45, 7) is 4.36. The van der Waals surface area contributed by atoms with Crippen molar-refractivity contribution >= 4 is 11.0 Å². The zero-order chi connectivity index (χ0) is 20.1. The topological polar surface area (TPSA) is 62.9 Å². The molecule has 0 aliphatic carbocycles. The normalized spacial score (nSPS) is 11.3. The molecule has 0 amide bonds. The molecule has 0 spiro atoms. The lowest BCUT2D eigenvalue weighted by Gasteiger charge is -2.13. The number of rotatable bonds is 8. The molecular formula is C23H27NO4. The van der Waals surface area contributed by atoms with Crippen LogP contribution in [0.2, 0.25) is 0 Å². The summed E-state index contributed by atoms with van der Waals surface area (Å²) < 4.78 is 11.1. The first-order chi connectivity index (χ1) is 13.5. The molecule has 2 aromatic carbocycles. The molecule has 1 N–H and O–H groups in total. The van der Waals surface area contributed by atoms with E-state index >= 15 is 0 Å². The number of ether oxygens (including phenoxy) is 1. The van der Waals surface area contributed by atoms with Crippen LogP contribution in [0.5, 0.6) is 11.5 Å². The maximum atomic E-state index is 12.5. The SMILES string of the molecule is CCN(C)CCCCc1ccc(-c2cc(=O)c3ccc(O)c(OC)c3o2)cc1. The smallest absolute Gasteiger partial charge is 0.204 e. The lowest BCUT2D eigenvalue weighted by Crippen LogP contribution is -2.18. The van der Waals surface area contributed by atoms with Crippen molar-refractivity contribution in [3.05, 3.63) is 58.3 Å². The molecule has 3 aromatic rings. The average Bonchev–Trinajstić information content (AvgIpc) is 2.71. The van der Waals surface area contributed by atoms with Crippen LogP contribution < -0.4 is 10.2 Å². The summed E-state index contributed by atoms with van der Waals surface area (Å²) in [6, 6.07) is 12.5. The summed E-state index contributed by atoms with van der Waals surface area (Å²) in [5, 5.41) is 10.3. The predicted octanol–water partition coefficient (Wildman–Crippen LogP) is 4.45. The molecule has 148 valence electrons. The van der Waals surface area contributed by atoms with Gasteiger partial charge in [-0.15, -0.1) is 0 Å². The highest BCUT2D eigenvalue weighted by molar-refractivity contribution is 5.86. The van der Waals surface area contributed by atoms with Crippen molar-refractivity contribution in [2.24, 2.45) is 0 Å². The number of aryl methyl sites for hydroxylation is 1. The van der Waals surface area contributed by atoms with Crippen LogP contribution in [-0.4, -0.2) is 37.3 Å². The number of nitrogens with zero attached hydrogens (tertiary/aromatic N) is 1. The standard InChI is InChI=1S/C23H27NO4/c1-4-24(2)14-6-5-7-16-8-10-17(11-9-16)21-15-20(26)18-12-13-19(25)23(27-3)22(18)28-21/h8-13,15,25H,4-7,14H2,1-3H3. The summed E-state index contributed by atoms with van der Waals surface area (Å²) in [4.78, 5) is 14.8. The van der Waals surface area contributed by atoms with Crippen molar-refractivity contribution in [2.75, 3.05) is 27.2 Å². The number of aromatic hydroxyl groups is 1. The first-order valence-electron chi connectivity index (χ1n) is 9.65. The van der Waals surface area contributed by atoms with Crippen molar-refractivity contribution < 1.29 is 14.3 Å². The molecular weight excluding hydrogens is 354 g/mol. The van der Waals surface area contributed by atoms with E-state index in [0.29, 0.717) is 11.1 Å². The van der Waals surface area contributed by atoms with E-state index in [1.165, 1.54) is 31.2 Å². The number of unbranched alkanes of at least 4 members (excludes halogenated alkanes) is 1. The van der Waals surface area contributed by atoms with Gasteiger partial charge >= 0.3 is 0 Å². The van der Waals surface area contributed by atoms with E-state index in [-0.39, 0.29) is 22.5 Å². The Labute approximate surface area is 165 Å². The number of fused-ring (bicyclic) bond motifs is 1. The van der Waals surface area contributed by atoms with Crippen molar-refractivity contribution in [3.63, 3.8) is 0 Å². The average molecular weight is 381 g/mol. The number of benzene rings is 2. The van der Waals surface area contributed by atoms with Crippen LogP contribution in [0.25, 0.3) is 22.3 Å². The molecule has 0 atom stereocenters. The van der Waals surface area contributed by atoms with Gasteiger partial charge in [0.2, 0.25) is 5.75 Å². The van der Waals surface area contributed by atoms with Crippen LogP contribution >= 0.6 is 0 Å².